The molecule has 12 heteroatoms. The van der Waals surface area contributed by atoms with Crippen molar-refractivity contribution in [3.05, 3.63) is 103 Å². The zero-order valence-electron chi connectivity index (χ0n) is 35.1. The van der Waals surface area contributed by atoms with Gasteiger partial charge in [0.1, 0.15) is 17.5 Å². The minimum Gasteiger partial charge on any atom is -0.355 e. The molecule has 1 aliphatic carbocycles. The number of halogens is 1. The van der Waals surface area contributed by atoms with Crippen LogP contribution in [-0.4, -0.2) is 79.4 Å². The molecular formula is C47H58FN9O2. The lowest BCUT2D eigenvalue weighted by molar-refractivity contribution is -0.135. The van der Waals surface area contributed by atoms with E-state index in [-0.39, 0.29) is 53.1 Å². The average molecular weight is 800 g/mol. The highest BCUT2D eigenvalue weighted by molar-refractivity contribution is 5.86. The van der Waals surface area contributed by atoms with Crippen LogP contribution in [0.3, 0.4) is 0 Å². The number of rotatable bonds is 15. The van der Waals surface area contributed by atoms with E-state index in [2.05, 4.69) is 74.9 Å². The molecule has 0 spiro atoms. The van der Waals surface area contributed by atoms with Gasteiger partial charge in [-0.25, -0.2) is 19.3 Å². The normalized spacial score (nSPS) is 17.9. The van der Waals surface area contributed by atoms with E-state index in [1.807, 2.05) is 74.5 Å². The summed E-state index contributed by atoms with van der Waals surface area (Å²) in [5.74, 6) is 1.67. The maximum atomic E-state index is 15.7. The Labute approximate surface area is 346 Å². The molecule has 2 aliphatic rings. The predicted molar refractivity (Wildman–Crippen MR) is 233 cm³/mol. The number of H-pyrrole nitrogens is 2. The van der Waals surface area contributed by atoms with Crippen molar-refractivity contribution in [2.45, 2.75) is 96.8 Å². The van der Waals surface area contributed by atoms with Gasteiger partial charge in [-0.15, -0.1) is 0 Å². The molecule has 5 N–H and O–H groups in total. The van der Waals surface area contributed by atoms with E-state index in [9.17, 15) is 9.59 Å². The van der Waals surface area contributed by atoms with Crippen LogP contribution in [0.5, 0.6) is 0 Å². The Morgan fingerprint density at radius 2 is 1.75 bits per heavy atom. The zero-order chi connectivity index (χ0) is 41.7. The Morgan fingerprint density at radius 1 is 0.966 bits per heavy atom. The van der Waals surface area contributed by atoms with Gasteiger partial charge >= 0.3 is 0 Å². The van der Waals surface area contributed by atoms with Crippen LogP contribution in [0.4, 0.5) is 4.39 Å². The van der Waals surface area contributed by atoms with Crippen LogP contribution in [0, 0.1) is 17.7 Å². The molecule has 0 radical (unpaired) electrons. The highest BCUT2D eigenvalue weighted by atomic mass is 19.1. The fourth-order valence-corrected chi connectivity index (χ4v) is 8.28. The number of likely N-dealkylation sites (tertiary alicyclic amines) is 1. The molecule has 2 amide bonds. The van der Waals surface area contributed by atoms with Crippen LogP contribution in [-0.2, 0) is 16.0 Å². The molecule has 11 nitrogen and oxygen atoms in total. The van der Waals surface area contributed by atoms with Crippen LogP contribution in [0.25, 0.3) is 44.7 Å². The number of benzene rings is 2. The Bertz CT molecular complexity index is 2320. The number of allylic oxidation sites excluding steroid dienone is 3. The molecule has 1 saturated heterocycles. The summed E-state index contributed by atoms with van der Waals surface area (Å²) in [5.41, 5.74) is 4.83. The fraction of sp³-hybridized carbons (Fsp3) is 0.426. The van der Waals surface area contributed by atoms with Gasteiger partial charge in [0.2, 0.25) is 11.8 Å². The van der Waals surface area contributed by atoms with Crippen molar-refractivity contribution >= 4 is 22.7 Å². The van der Waals surface area contributed by atoms with Gasteiger partial charge in [-0.2, -0.15) is 0 Å². The summed E-state index contributed by atoms with van der Waals surface area (Å²) in [4.78, 5) is 49.4. The number of hydrogen-bond acceptors (Lipinski definition) is 7. The molecular weight excluding hydrogens is 742 g/mol. The van der Waals surface area contributed by atoms with Crippen molar-refractivity contribution in [3.63, 3.8) is 0 Å². The molecule has 4 unspecified atom stereocenters. The van der Waals surface area contributed by atoms with Gasteiger partial charge in [-0.3, -0.25) is 9.59 Å². The summed E-state index contributed by atoms with van der Waals surface area (Å²) in [5, 5.41) is 10.8. The second-order valence-electron chi connectivity index (χ2n) is 17.3. The molecule has 0 bridgehead atoms. The topological polar surface area (TPSA) is 144 Å². The predicted octanol–water partition coefficient (Wildman–Crippen LogP) is 8.06. The van der Waals surface area contributed by atoms with Crippen molar-refractivity contribution in [2.24, 2.45) is 11.8 Å². The van der Waals surface area contributed by atoms with Gasteiger partial charge in [0.15, 0.2) is 0 Å². The molecule has 2 aromatic carbocycles. The van der Waals surface area contributed by atoms with E-state index in [0.717, 1.165) is 72.3 Å². The van der Waals surface area contributed by atoms with Crippen molar-refractivity contribution in [1.29, 1.82) is 0 Å². The van der Waals surface area contributed by atoms with Crippen molar-refractivity contribution in [1.82, 2.24) is 45.8 Å². The maximum absolute atomic E-state index is 15.7. The standard InChI is InChI=1S/C47H58FN9O2/c1-29(2)42(49-6)46(59)57-24-12-15-40(57)44-52-28-39(55-44)33-17-20-34(35(48)26-33)37-22-19-31-25-32(18-21-36(31)53-37)38-27-51-41(54-38)16-10-11-23-50-45(58)43(56-47(3,4)5)30-13-8-7-9-14-30/h7-9,13,17-22,25-30,40,42-43,49,56H,10-12,14-16,23-24H2,1-6H3,(H,50,58)(H,51,54)(H,52,55). The summed E-state index contributed by atoms with van der Waals surface area (Å²) in [6.07, 6.45) is 16.9. The van der Waals surface area contributed by atoms with E-state index in [0.29, 0.717) is 35.6 Å². The number of nitrogens with one attached hydrogen (secondary N) is 5. The van der Waals surface area contributed by atoms with Crippen molar-refractivity contribution in [3.8, 4) is 33.8 Å². The van der Waals surface area contributed by atoms with Gasteiger partial charge < -0.3 is 30.8 Å². The second-order valence-corrected chi connectivity index (χ2v) is 17.3. The number of aromatic nitrogens is 5. The number of unbranched alkanes of at least 4 members (excludes halogenated alkanes) is 1. The number of likely N-dealkylation sites (N-methyl/N-ethyl adjacent to an activating group) is 1. The highest BCUT2D eigenvalue weighted by Gasteiger charge is 2.36. The van der Waals surface area contributed by atoms with Gasteiger partial charge in [-0.1, -0.05) is 56.4 Å². The van der Waals surface area contributed by atoms with E-state index < -0.39 is 0 Å². The first kappa shape index (κ1) is 41.7. The van der Waals surface area contributed by atoms with Crippen molar-refractivity contribution < 1.29 is 14.0 Å². The lowest BCUT2D eigenvalue weighted by Gasteiger charge is -2.32. The first-order valence-electron chi connectivity index (χ1n) is 21.1. The number of amides is 2. The lowest BCUT2D eigenvalue weighted by Crippen LogP contribution is -2.54. The monoisotopic (exact) mass is 799 g/mol. The number of aryl methyl sites for hydroxylation is 1. The number of aromatic amines is 2. The molecule has 0 saturated carbocycles. The van der Waals surface area contributed by atoms with Crippen molar-refractivity contribution in [2.75, 3.05) is 20.1 Å². The third kappa shape index (κ3) is 9.88. The minimum atomic E-state index is -0.378. The van der Waals surface area contributed by atoms with E-state index >= 15 is 4.39 Å². The van der Waals surface area contributed by atoms with Crippen LogP contribution in [0.1, 0.15) is 84.4 Å². The molecule has 3 aromatic heterocycles. The molecule has 7 rings (SSSR count). The summed E-state index contributed by atoms with van der Waals surface area (Å²) < 4.78 is 15.7. The second kappa shape index (κ2) is 18.2. The largest absolute Gasteiger partial charge is 0.355 e. The number of nitrogens with zero attached hydrogens (tertiary/aromatic N) is 4. The number of imidazole rings is 2. The Balaban J connectivity index is 0.943. The van der Waals surface area contributed by atoms with Gasteiger partial charge in [-0.05, 0) is 96.2 Å². The molecule has 59 heavy (non-hydrogen) atoms. The summed E-state index contributed by atoms with van der Waals surface area (Å²) in [7, 11) is 1.82. The third-order valence-electron chi connectivity index (χ3n) is 11.3. The van der Waals surface area contributed by atoms with Crippen LogP contribution >= 0.6 is 0 Å². The maximum Gasteiger partial charge on any atom is 0.240 e. The highest BCUT2D eigenvalue weighted by Crippen LogP contribution is 2.34. The molecule has 4 heterocycles. The third-order valence-corrected chi connectivity index (χ3v) is 11.3. The lowest BCUT2D eigenvalue weighted by atomic mass is 9.90. The molecule has 5 aromatic rings. The number of pyridine rings is 1. The first-order chi connectivity index (χ1) is 28.4. The SMILES string of the molecule is CNC(C(=O)N1CCCC1c1ncc(-c2ccc(-c3ccc4cc(-c5cnc(CCCCNC(=O)C(NC(C)(C)C)C6C=CC=CC6)[nH]5)ccc4n3)c(F)c2)[nH]1)C(C)C. The van der Waals surface area contributed by atoms with Crippen LogP contribution < -0.4 is 16.0 Å². The van der Waals surface area contributed by atoms with Gasteiger partial charge in [0.05, 0.1) is 53.1 Å². The number of fused-ring (bicyclic) bond motifs is 1. The van der Waals surface area contributed by atoms with E-state index in [4.69, 9.17) is 4.98 Å². The van der Waals surface area contributed by atoms with E-state index in [1.54, 1.807) is 12.3 Å². The van der Waals surface area contributed by atoms with Gasteiger partial charge in [0.25, 0.3) is 0 Å². The average Bonchev–Trinajstić information content (AvgIpc) is 4.01. The Kier molecular flexibility index (Phi) is 12.9. The number of carbonyl (C=O) groups excluding carboxylic acids is 2. The Morgan fingerprint density at radius 3 is 2.49 bits per heavy atom. The number of carbonyl (C=O) groups is 2. The molecule has 310 valence electrons. The summed E-state index contributed by atoms with van der Waals surface area (Å²) >= 11 is 0. The summed E-state index contributed by atoms with van der Waals surface area (Å²) in [6.45, 7) is 11.6. The number of hydrogen-bond donors (Lipinski definition) is 5. The van der Waals surface area contributed by atoms with Gasteiger partial charge in [0, 0.05) is 53.0 Å². The first-order valence-corrected chi connectivity index (χ1v) is 21.1. The quantitative estimate of drug-likeness (QED) is 0.0675. The zero-order valence-corrected chi connectivity index (χ0v) is 35.1. The molecule has 1 fully saturated rings. The van der Waals surface area contributed by atoms with E-state index in [1.165, 1.54) is 6.07 Å². The Hall–Kier alpha value is -5.46. The van der Waals surface area contributed by atoms with Crippen LogP contribution in [0.2, 0.25) is 0 Å². The molecule has 4 atom stereocenters. The smallest absolute Gasteiger partial charge is 0.240 e. The molecule has 1 aliphatic heterocycles. The summed E-state index contributed by atoms with van der Waals surface area (Å²) in [6, 6.07) is 14.3. The fourth-order valence-electron chi connectivity index (χ4n) is 8.28. The minimum absolute atomic E-state index is 0.0398. The van der Waals surface area contributed by atoms with Crippen LogP contribution in [0.15, 0.2) is 85.2 Å².